The van der Waals surface area contributed by atoms with Gasteiger partial charge in [0.2, 0.25) is 0 Å². The quantitative estimate of drug-likeness (QED) is 0.847. The van der Waals surface area contributed by atoms with Gasteiger partial charge in [0.15, 0.2) is 0 Å². The zero-order valence-corrected chi connectivity index (χ0v) is 9.68. The first-order valence-corrected chi connectivity index (χ1v) is 4.86. The Labute approximate surface area is 103 Å². The average Bonchev–Trinajstić information content (AvgIpc) is 2.30. The van der Waals surface area contributed by atoms with Gasteiger partial charge in [-0.2, -0.15) is 0 Å². The van der Waals surface area contributed by atoms with Crippen LogP contribution in [0.5, 0.6) is 5.75 Å². The number of ether oxygens (including phenoxy) is 2. The fourth-order valence-corrected chi connectivity index (χ4v) is 1.22. The van der Waals surface area contributed by atoms with E-state index in [4.69, 9.17) is 22.8 Å². The fourth-order valence-electron chi connectivity index (χ4n) is 1.02. The molecule has 1 amide bonds. The van der Waals surface area contributed by atoms with Crippen molar-refractivity contribution in [2.24, 2.45) is 0 Å². The number of nitrogens with one attached hydrogen (secondary N) is 1. The van der Waals surface area contributed by atoms with Crippen LogP contribution in [0.1, 0.15) is 0 Å². The van der Waals surface area contributed by atoms with E-state index in [1.165, 1.54) is 13.2 Å². The lowest BCUT2D eigenvalue weighted by Gasteiger charge is -2.09. The Morgan fingerprint density at radius 1 is 1.65 bits per heavy atom. The van der Waals surface area contributed by atoms with Crippen LogP contribution < -0.4 is 10.1 Å². The topological polar surface area (TPSA) is 47.6 Å². The number of hydrogen-bond donors (Lipinski definition) is 1. The van der Waals surface area contributed by atoms with Gasteiger partial charge < -0.3 is 9.47 Å². The highest BCUT2D eigenvalue weighted by atomic mass is 35.5. The molecule has 0 aliphatic carbocycles. The summed E-state index contributed by atoms with van der Waals surface area (Å²) in [5.74, 6) is 1.72. The predicted molar refractivity (Wildman–Crippen MR) is 61.8 cm³/mol. The standard InChI is InChI=1S/C11H9ClFNO3/c1-3-4-17-10-6-9(14-11(15)16-2)8(13)5-7(10)12/h1,5-6H,4H2,2H3,(H,14,15). The summed E-state index contributed by atoms with van der Waals surface area (Å²) in [6.07, 6.45) is 4.22. The molecule has 1 aromatic carbocycles. The molecule has 0 spiro atoms. The van der Waals surface area contributed by atoms with Crippen molar-refractivity contribution in [1.82, 2.24) is 0 Å². The van der Waals surface area contributed by atoms with Gasteiger partial charge in [0.05, 0.1) is 17.8 Å². The van der Waals surface area contributed by atoms with Crippen molar-refractivity contribution < 1.29 is 18.7 Å². The Morgan fingerprint density at radius 2 is 2.35 bits per heavy atom. The molecule has 0 heterocycles. The van der Waals surface area contributed by atoms with E-state index in [9.17, 15) is 9.18 Å². The Bertz CT molecular complexity index is 471. The number of carbonyl (C=O) groups is 1. The Morgan fingerprint density at radius 3 is 2.94 bits per heavy atom. The number of hydrogen-bond acceptors (Lipinski definition) is 3. The normalized spacial score (nSPS) is 9.29. The van der Waals surface area contributed by atoms with Crippen LogP contribution in [0, 0.1) is 18.2 Å². The van der Waals surface area contributed by atoms with Gasteiger partial charge in [0.1, 0.15) is 18.2 Å². The van der Waals surface area contributed by atoms with Crippen LogP contribution in [0.4, 0.5) is 14.9 Å². The summed E-state index contributed by atoms with van der Waals surface area (Å²) in [4.78, 5) is 10.9. The Balaban J connectivity index is 2.97. The first kappa shape index (κ1) is 13.1. The van der Waals surface area contributed by atoms with Crippen molar-refractivity contribution in [3.8, 4) is 18.1 Å². The first-order valence-electron chi connectivity index (χ1n) is 4.48. The van der Waals surface area contributed by atoms with E-state index in [-0.39, 0.29) is 23.1 Å². The van der Waals surface area contributed by atoms with Gasteiger partial charge in [-0.25, -0.2) is 9.18 Å². The molecule has 0 radical (unpaired) electrons. The van der Waals surface area contributed by atoms with E-state index in [0.29, 0.717) is 0 Å². The summed E-state index contributed by atoms with van der Waals surface area (Å²) in [5, 5.41) is 2.24. The molecule has 1 N–H and O–H groups in total. The highest BCUT2D eigenvalue weighted by Gasteiger charge is 2.12. The maximum atomic E-state index is 13.4. The van der Waals surface area contributed by atoms with Crippen LogP contribution in [-0.4, -0.2) is 19.8 Å². The monoisotopic (exact) mass is 257 g/mol. The minimum atomic E-state index is -0.797. The van der Waals surface area contributed by atoms with Gasteiger partial charge in [-0.1, -0.05) is 17.5 Å². The first-order chi connectivity index (χ1) is 8.08. The van der Waals surface area contributed by atoms with Gasteiger partial charge in [-0.05, 0) is 6.07 Å². The maximum absolute atomic E-state index is 13.4. The average molecular weight is 258 g/mol. The lowest BCUT2D eigenvalue weighted by molar-refractivity contribution is 0.187. The summed E-state index contributed by atoms with van der Waals surface area (Å²) in [6, 6.07) is 2.24. The predicted octanol–water partition coefficient (Wildman–Crippen LogP) is 2.67. The molecule has 0 saturated carbocycles. The van der Waals surface area contributed by atoms with Gasteiger partial charge in [0, 0.05) is 6.07 Å². The summed E-state index contributed by atoms with van der Waals surface area (Å²) in [5.41, 5.74) is -0.103. The van der Waals surface area contributed by atoms with Crippen LogP contribution in [0.15, 0.2) is 12.1 Å². The highest BCUT2D eigenvalue weighted by Crippen LogP contribution is 2.30. The second-order valence-electron chi connectivity index (χ2n) is 2.87. The summed E-state index contributed by atoms with van der Waals surface area (Å²) in [6.45, 7) is -0.0109. The van der Waals surface area contributed by atoms with E-state index in [1.807, 2.05) is 0 Å². The van der Waals surface area contributed by atoms with E-state index in [0.717, 1.165) is 6.07 Å². The van der Waals surface area contributed by atoms with Crippen LogP contribution in [0.25, 0.3) is 0 Å². The van der Waals surface area contributed by atoms with E-state index >= 15 is 0 Å². The van der Waals surface area contributed by atoms with Crippen molar-refractivity contribution in [1.29, 1.82) is 0 Å². The third-order valence-electron chi connectivity index (χ3n) is 1.75. The molecule has 0 aromatic heterocycles. The molecule has 0 aliphatic heterocycles. The number of amides is 1. The van der Waals surface area contributed by atoms with Gasteiger partial charge >= 0.3 is 6.09 Å². The largest absolute Gasteiger partial charge is 0.479 e. The van der Waals surface area contributed by atoms with Crippen LogP contribution in [-0.2, 0) is 4.74 Å². The third kappa shape index (κ3) is 3.54. The minimum absolute atomic E-state index is 0.0109. The molecule has 0 bridgehead atoms. The molecule has 1 rings (SSSR count). The molecule has 0 unspecified atom stereocenters. The van der Waals surface area contributed by atoms with E-state index < -0.39 is 11.9 Å². The van der Waals surface area contributed by atoms with Crippen LogP contribution in [0.2, 0.25) is 5.02 Å². The number of benzene rings is 1. The van der Waals surface area contributed by atoms with Crippen molar-refractivity contribution in [3.63, 3.8) is 0 Å². The molecular weight excluding hydrogens is 249 g/mol. The minimum Gasteiger partial charge on any atom is -0.479 e. The molecule has 17 heavy (non-hydrogen) atoms. The molecule has 1 aromatic rings. The molecular formula is C11H9ClFNO3. The van der Waals surface area contributed by atoms with Gasteiger partial charge in [-0.3, -0.25) is 5.32 Å². The van der Waals surface area contributed by atoms with Crippen LogP contribution in [0.3, 0.4) is 0 Å². The summed E-state index contributed by atoms with van der Waals surface area (Å²) >= 11 is 5.73. The van der Waals surface area contributed by atoms with Crippen molar-refractivity contribution in [3.05, 3.63) is 23.0 Å². The number of carbonyl (C=O) groups excluding carboxylic acids is 1. The maximum Gasteiger partial charge on any atom is 0.411 e. The Kier molecular flexibility index (Phi) is 4.61. The number of anilines is 1. The number of halogens is 2. The molecule has 4 nitrogen and oxygen atoms in total. The summed E-state index contributed by atoms with van der Waals surface area (Å²) in [7, 11) is 1.17. The second-order valence-corrected chi connectivity index (χ2v) is 3.28. The van der Waals surface area contributed by atoms with E-state index in [2.05, 4.69) is 16.0 Å². The number of rotatable bonds is 3. The van der Waals surface area contributed by atoms with Crippen molar-refractivity contribution in [2.75, 3.05) is 19.0 Å². The van der Waals surface area contributed by atoms with Crippen molar-refractivity contribution in [2.45, 2.75) is 0 Å². The van der Waals surface area contributed by atoms with Crippen LogP contribution >= 0.6 is 11.6 Å². The number of terminal acetylenes is 1. The fraction of sp³-hybridized carbons (Fsp3) is 0.182. The molecule has 0 saturated heterocycles. The van der Waals surface area contributed by atoms with Gasteiger partial charge in [0.25, 0.3) is 0 Å². The number of methoxy groups -OCH3 is 1. The SMILES string of the molecule is C#CCOc1cc(NC(=O)OC)c(F)cc1Cl. The second kappa shape index (κ2) is 5.97. The Hall–Kier alpha value is -1.93. The molecule has 90 valence electrons. The van der Waals surface area contributed by atoms with Crippen molar-refractivity contribution >= 4 is 23.4 Å². The lowest BCUT2D eigenvalue weighted by atomic mass is 10.3. The summed E-state index contributed by atoms with van der Waals surface area (Å²) < 4.78 is 22.8. The molecule has 0 aliphatic rings. The van der Waals surface area contributed by atoms with Gasteiger partial charge in [-0.15, -0.1) is 6.42 Å². The molecule has 0 fully saturated rings. The smallest absolute Gasteiger partial charge is 0.411 e. The highest BCUT2D eigenvalue weighted by molar-refractivity contribution is 6.32. The third-order valence-corrected chi connectivity index (χ3v) is 2.05. The molecule has 6 heteroatoms. The zero-order chi connectivity index (χ0) is 12.8. The zero-order valence-electron chi connectivity index (χ0n) is 8.92. The lowest BCUT2D eigenvalue weighted by Crippen LogP contribution is -2.12. The van der Waals surface area contributed by atoms with E-state index in [1.54, 1.807) is 0 Å². The molecule has 0 atom stereocenters.